The average Bonchev–Trinajstić information content (AvgIpc) is 3.07. The third-order valence-corrected chi connectivity index (χ3v) is 5.55. The van der Waals surface area contributed by atoms with Crippen LogP contribution in [-0.4, -0.2) is 39.7 Å². The van der Waals surface area contributed by atoms with Crippen LogP contribution in [-0.2, 0) is 14.3 Å². The zero-order valence-corrected chi connectivity index (χ0v) is 18.6. The first-order valence-electron chi connectivity index (χ1n) is 10.2. The summed E-state index contributed by atoms with van der Waals surface area (Å²) in [5.74, 6) is -0.912. The predicted octanol–water partition coefficient (Wildman–Crippen LogP) is 4.42. The lowest BCUT2D eigenvalue weighted by Crippen LogP contribution is -2.28. The van der Waals surface area contributed by atoms with Crippen LogP contribution in [0.25, 0.3) is 5.57 Å². The number of allylic oxidation sites excluding steroid dienone is 2. The van der Waals surface area contributed by atoms with Crippen LogP contribution in [0.2, 0.25) is 0 Å². The van der Waals surface area contributed by atoms with Gasteiger partial charge in [-0.2, -0.15) is 0 Å². The molecule has 0 heterocycles. The van der Waals surface area contributed by atoms with Crippen molar-refractivity contribution in [3.8, 4) is 17.2 Å². The molecule has 0 N–H and O–H groups in total. The maximum atomic E-state index is 13.3. The van der Waals surface area contributed by atoms with Crippen LogP contribution in [0.5, 0.6) is 17.2 Å². The van der Waals surface area contributed by atoms with Crippen molar-refractivity contribution in [3.05, 3.63) is 59.2 Å². The van der Waals surface area contributed by atoms with E-state index in [9.17, 15) is 9.59 Å². The largest absolute Gasteiger partial charge is 0.496 e. The second kappa shape index (κ2) is 9.69. The van der Waals surface area contributed by atoms with E-state index in [0.717, 1.165) is 11.1 Å². The van der Waals surface area contributed by atoms with Gasteiger partial charge in [0.15, 0.2) is 5.78 Å². The number of Topliss-reactive ketones (excluding diaryl/α,β-unsaturated/α-hetero) is 1. The van der Waals surface area contributed by atoms with E-state index >= 15 is 0 Å². The Balaban J connectivity index is 2.27. The average molecular weight is 424 g/mol. The highest BCUT2D eigenvalue weighted by Crippen LogP contribution is 2.53. The van der Waals surface area contributed by atoms with Crippen molar-refractivity contribution in [3.63, 3.8) is 0 Å². The quantitative estimate of drug-likeness (QED) is 0.461. The van der Waals surface area contributed by atoms with Crippen LogP contribution in [0, 0.1) is 5.92 Å². The number of hydrogen-bond acceptors (Lipinski definition) is 6. The Labute approximate surface area is 182 Å². The minimum absolute atomic E-state index is 0.245. The van der Waals surface area contributed by atoms with Crippen molar-refractivity contribution in [2.24, 2.45) is 5.92 Å². The number of methoxy groups -OCH3 is 3. The van der Waals surface area contributed by atoms with Crippen molar-refractivity contribution in [1.29, 1.82) is 0 Å². The molecule has 2 aromatic carbocycles. The molecule has 0 bridgehead atoms. The fourth-order valence-electron chi connectivity index (χ4n) is 4.12. The third kappa shape index (κ3) is 4.15. The van der Waals surface area contributed by atoms with Gasteiger partial charge in [-0.15, -0.1) is 0 Å². The fourth-order valence-corrected chi connectivity index (χ4v) is 4.12. The summed E-state index contributed by atoms with van der Waals surface area (Å²) in [5, 5.41) is 0. The number of benzene rings is 2. The van der Waals surface area contributed by atoms with Crippen LogP contribution in [0.3, 0.4) is 0 Å². The Morgan fingerprint density at radius 3 is 2.10 bits per heavy atom. The second-order valence-electron chi connectivity index (χ2n) is 7.34. The number of ketones is 1. The lowest BCUT2D eigenvalue weighted by atomic mass is 9.80. The molecule has 0 saturated heterocycles. The van der Waals surface area contributed by atoms with Crippen LogP contribution in [0.15, 0.2) is 48.0 Å². The van der Waals surface area contributed by atoms with Gasteiger partial charge in [0.1, 0.15) is 23.2 Å². The molecule has 164 valence electrons. The smallest absolute Gasteiger partial charge is 0.317 e. The summed E-state index contributed by atoms with van der Waals surface area (Å²) in [4.78, 5) is 26.4. The van der Waals surface area contributed by atoms with Gasteiger partial charge in [-0.1, -0.05) is 37.3 Å². The van der Waals surface area contributed by atoms with Gasteiger partial charge < -0.3 is 18.9 Å². The molecular formula is C25H28O6. The molecule has 0 spiro atoms. The molecule has 1 aliphatic rings. The summed E-state index contributed by atoms with van der Waals surface area (Å²) in [6, 6.07) is 13.0. The van der Waals surface area contributed by atoms with Gasteiger partial charge in [-0.05, 0) is 30.1 Å². The molecule has 2 aromatic rings. The lowest BCUT2D eigenvalue weighted by molar-refractivity contribution is -0.151. The molecule has 0 fully saturated rings. The van der Waals surface area contributed by atoms with Crippen LogP contribution >= 0.6 is 0 Å². The van der Waals surface area contributed by atoms with Crippen LogP contribution in [0.4, 0.5) is 0 Å². The molecule has 2 atom stereocenters. The molecule has 31 heavy (non-hydrogen) atoms. The maximum absolute atomic E-state index is 13.3. The van der Waals surface area contributed by atoms with Gasteiger partial charge in [-0.3, -0.25) is 9.59 Å². The van der Waals surface area contributed by atoms with Crippen molar-refractivity contribution >= 4 is 17.3 Å². The maximum Gasteiger partial charge on any atom is 0.317 e. The van der Waals surface area contributed by atoms with E-state index in [2.05, 4.69) is 0 Å². The standard InChI is InChI=1S/C25H28O6/c1-6-12-31-25(27)23-22(20(15(2)24(23)26)16-10-8-7-9-11-16)21-18(29-4)13-17(28-3)14-19(21)30-5/h7-11,13-14,22-23H,6,12H2,1-5H3/t22-,23-/m1/s1. The molecule has 3 rings (SSSR count). The zero-order chi connectivity index (χ0) is 22.5. The Kier molecular flexibility index (Phi) is 7.00. The highest BCUT2D eigenvalue weighted by Gasteiger charge is 2.48. The number of esters is 1. The second-order valence-corrected chi connectivity index (χ2v) is 7.34. The molecule has 0 radical (unpaired) electrons. The molecule has 0 aromatic heterocycles. The Morgan fingerprint density at radius 1 is 0.968 bits per heavy atom. The highest BCUT2D eigenvalue weighted by molar-refractivity contribution is 6.18. The molecule has 6 nitrogen and oxygen atoms in total. The van der Waals surface area contributed by atoms with Gasteiger partial charge in [0.05, 0.1) is 27.9 Å². The molecule has 0 aliphatic heterocycles. The zero-order valence-electron chi connectivity index (χ0n) is 18.6. The van der Waals surface area contributed by atoms with E-state index in [1.807, 2.05) is 37.3 Å². The highest BCUT2D eigenvalue weighted by atomic mass is 16.5. The summed E-state index contributed by atoms with van der Waals surface area (Å²) < 4.78 is 22.1. The molecule has 0 saturated carbocycles. The van der Waals surface area contributed by atoms with Gasteiger partial charge >= 0.3 is 5.97 Å². The predicted molar refractivity (Wildman–Crippen MR) is 118 cm³/mol. The Morgan fingerprint density at radius 2 is 1.58 bits per heavy atom. The van der Waals surface area contributed by atoms with E-state index in [1.165, 1.54) is 14.2 Å². The van der Waals surface area contributed by atoms with Crippen LogP contribution < -0.4 is 14.2 Å². The summed E-state index contributed by atoms with van der Waals surface area (Å²) in [6.07, 6.45) is 0.671. The normalized spacial score (nSPS) is 18.2. The Bertz CT molecular complexity index is 967. The van der Waals surface area contributed by atoms with E-state index in [0.29, 0.717) is 34.8 Å². The number of carbonyl (C=O) groups excluding carboxylic acids is 2. The van der Waals surface area contributed by atoms with E-state index in [1.54, 1.807) is 26.2 Å². The molecule has 0 amide bonds. The molecule has 0 unspecified atom stereocenters. The molecular weight excluding hydrogens is 396 g/mol. The van der Waals surface area contributed by atoms with E-state index in [-0.39, 0.29) is 12.4 Å². The van der Waals surface area contributed by atoms with Crippen molar-refractivity contribution in [1.82, 2.24) is 0 Å². The first kappa shape index (κ1) is 22.4. The SMILES string of the molecule is CCCOC(=O)[C@H]1C(=O)C(C)=C(c2ccccc2)[C@@H]1c1c(OC)cc(OC)cc1OC. The summed E-state index contributed by atoms with van der Waals surface area (Å²) >= 11 is 0. The molecule has 6 heteroatoms. The van der Waals surface area contributed by atoms with Crippen molar-refractivity contribution in [2.45, 2.75) is 26.2 Å². The summed E-state index contributed by atoms with van der Waals surface area (Å²) in [6.45, 7) is 3.93. The van der Waals surface area contributed by atoms with Gasteiger partial charge in [0.25, 0.3) is 0 Å². The van der Waals surface area contributed by atoms with Crippen molar-refractivity contribution in [2.75, 3.05) is 27.9 Å². The summed E-state index contributed by atoms with van der Waals surface area (Å²) in [7, 11) is 4.63. The first-order valence-corrected chi connectivity index (χ1v) is 10.2. The molecule has 1 aliphatic carbocycles. The monoisotopic (exact) mass is 424 g/mol. The number of rotatable bonds is 8. The fraction of sp³-hybridized carbons (Fsp3) is 0.360. The van der Waals surface area contributed by atoms with Gasteiger partial charge in [0.2, 0.25) is 0 Å². The number of hydrogen-bond donors (Lipinski definition) is 0. The number of ether oxygens (including phenoxy) is 4. The van der Waals surface area contributed by atoms with Crippen molar-refractivity contribution < 1.29 is 28.5 Å². The van der Waals surface area contributed by atoms with E-state index in [4.69, 9.17) is 18.9 Å². The minimum Gasteiger partial charge on any atom is -0.496 e. The van der Waals surface area contributed by atoms with Gasteiger partial charge in [-0.25, -0.2) is 0 Å². The van der Waals surface area contributed by atoms with E-state index < -0.39 is 17.8 Å². The third-order valence-electron chi connectivity index (χ3n) is 5.55. The summed E-state index contributed by atoms with van der Waals surface area (Å²) in [5.41, 5.74) is 2.79. The Hall–Kier alpha value is -3.28. The minimum atomic E-state index is -1.02. The van der Waals surface area contributed by atoms with Gasteiger partial charge in [0, 0.05) is 23.6 Å². The topological polar surface area (TPSA) is 71.1 Å². The van der Waals surface area contributed by atoms with Crippen LogP contribution in [0.1, 0.15) is 37.3 Å². The lowest BCUT2D eigenvalue weighted by Gasteiger charge is -2.26. The number of carbonyl (C=O) groups is 2. The first-order chi connectivity index (χ1) is 15.0.